The van der Waals surface area contributed by atoms with Crippen LogP contribution in [0, 0.1) is 0 Å². The van der Waals surface area contributed by atoms with Crippen LogP contribution in [0.2, 0.25) is 0 Å². The summed E-state index contributed by atoms with van der Waals surface area (Å²) in [4.78, 5) is 0. The third-order valence-corrected chi connectivity index (χ3v) is 3.85. The van der Waals surface area contributed by atoms with Crippen molar-refractivity contribution in [3.05, 3.63) is 35.4 Å². The molecule has 2 unspecified atom stereocenters. The van der Waals surface area contributed by atoms with Gasteiger partial charge in [-0.05, 0) is 49.8 Å². The fourth-order valence-corrected chi connectivity index (χ4v) is 2.71. The monoisotopic (exact) mass is 263 g/mol. The molecule has 1 aromatic carbocycles. The van der Waals surface area contributed by atoms with Crippen molar-refractivity contribution in [1.82, 2.24) is 0 Å². The fourth-order valence-electron chi connectivity index (χ4n) is 2.71. The van der Waals surface area contributed by atoms with E-state index in [0.717, 1.165) is 38.6 Å². The Morgan fingerprint density at radius 1 is 1.11 bits per heavy atom. The summed E-state index contributed by atoms with van der Waals surface area (Å²) in [6, 6.07) is 8.67. The van der Waals surface area contributed by atoms with Gasteiger partial charge in [0, 0.05) is 0 Å². The highest BCUT2D eigenvalue weighted by atomic mass is 16.7. The smallest absolute Gasteiger partial charge is 0.147 e. The minimum absolute atomic E-state index is 0.257. The predicted octanol–water partition coefficient (Wildman–Crippen LogP) is 2.66. The molecule has 0 spiro atoms. The Labute approximate surface area is 116 Å². The van der Waals surface area contributed by atoms with Gasteiger partial charge in [-0.25, -0.2) is 0 Å². The summed E-state index contributed by atoms with van der Waals surface area (Å²) >= 11 is 0. The van der Waals surface area contributed by atoms with Crippen LogP contribution in [0.3, 0.4) is 0 Å². The van der Waals surface area contributed by atoms with Crippen LogP contribution in [0.25, 0.3) is 0 Å². The van der Waals surface area contributed by atoms with E-state index in [1.807, 2.05) is 0 Å². The minimum Gasteiger partial charge on any atom is -0.349 e. The molecule has 2 atom stereocenters. The molecule has 0 amide bonds. The maximum atomic E-state index is 5.66. The normalized spacial score (nSPS) is 22.8. The molecule has 0 radical (unpaired) electrons. The zero-order valence-corrected chi connectivity index (χ0v) is 11.8. The molecule has 0 bridgehead atoms. The first-order valence-electron chi connectivity index (χ1n) is 7.35. The molecular weight excluding hydrogens is 238 g/mol. The lowest BCUT2D eigenvalue weighted by atomic mass is 9.96. The summed E-state index contributed by atoms with van der Waals surface area (Å²) in [7, 11) is 0. The average Bonchev–Trinajstić information content (AvgIpc) is 2.91. The Morgan fingerprint density at radius 3 is 2.47 bits per heavy atom. The van der Waals surface area contributed by atoms with E-state index in [1.165, 1.54) is 11.1 Å². The van der Waals surface area contributed by atoms with Crippen molar-refractivity contribution in [1.29, 1.82) is 0 Å². The number of ether oxygens (including phenoxy) is 2. The molecule has 1 heterocycles. The minimum atomic E-state index is 0.257. The van der Waals surface area contributed by atoms with Crippen molar-refractivity contribution < 1.29 is 9.47 Å². The second-order valence-electron chi connectivity index (χ2n) is 5.14. The number of hydrogen-bond donors (Lipinski definition) is 1. The Kier molecular flexibility index (Phi) is 5.83. The Balaban J connectivity index is 1.91. The van der Waals surface area contributed by atoms with Crippen molar-refractivity contribution in [3.63, 3.8) is 0 Å². The molecular formula is C16H25NO2. The van der Waals surface area contributed by atoms with Gasteiger partial charge >= 0.3 is 0 Å². The van der Waals surface area contributed by atoms with E-state index in [2.05, 4.69) is 31.2 Å². The van der Waals surface area contributed by atoms with E-state index >= 15 is 0 Å². The molecule has 0 saturated carbocycles. The first-order valence-corrected chi connectivity index (χ1v) is 7.35. The molecule has 0 aromatic heterocycles. The second-order valence-corrected chi connectivity index (χ2v) is 5.14. The van der Waals surface area contributed by atoms with E-state index in [4.69, 9.17) is 15.2 Å². The maximum absolute atomic E-state index is 5.66. The van der Waals surface area contributed by atoms with E-state index in [0.29, 0.717) is 6.79 Å². The van der Waals surface area contributed by atoms with Gasteiger partial charge in [-0.3, -0.25) is 0 Å². The number of aryl methyl sites for hydroxylation is 2. The van der Waals surface area contributed by atoms with Crippen LogP contribution >= 0.6 is 0 Å². The van der Waals surface area contributed by atoms with Gasteiger partial charge in [0.2, 0.25) is 0 Å². The van der Waals surface area contributed by atoms with Crippen LogP contribution in [0.15, 0.2) is 24.3 Å². The van der Waals surface area contributed by atoms with Gasteiger partial charge in [-0.15, -0.1) is 0 Å². The molecule has 1 aliphatic rings. The third-order valence-electron chi connectivity index (χ3n) is 3.85. The lowest BCUT2D eigenvalue weighted by Gasteiger charge is -2.16. The average molecular weight is 263 g/mol. The second kappa shape index (κ2) is 7.63. The summed E-state index contributed by atoms with van der Waals surface area (Å²) in [5.74, 6) is 0. The molecule has 0 aliphatic carbocycles. The van der Waals surface area contributed by atoms with Crippen LogP contribution in [-0.2, 0) is 22.3 Å². The molecule has 1 aliphatic heterocycles. The lowest BCUT2D eigenvalue weighted by molar-refractivity contribution is 0.0372. The van der Waals surface area contributed by atoms with Gasteiger partial charge in [0.25, 0.3) is 0 Å². The number of hydrogen-bond acceptors (Lipinski definition) is 3. The standard InChI is InChI=1S/C16H25NO2/c1-2-15-16(19-12-18-15)10-9-14-7-4-3-6-13(14)8-5-11-17/h3-4,6-7,15-16H,2,5,8-12,17H2,1H3. The highest BCUT2D eigenvalue weighted by Crippen LogP contribution is 2.22. The Bertz CT molecular complexity index is 381. The van der Waals surface area contributed by atoms with Crippen molar-refractivity contribution in [2.45, 2.75) is 51.2 Å². The Morgan fingerprint density at radius 2 is 1.79 bits per heavy atom. The van der Waals surface area contributed by atoms with Gasteiger partial charge in [0.15, 0.2) is 0 Å². The number of nitrogens with two attached hydrogens (primary N) is 1. The van der Waals surface area contributed by atoms with Gasteiger partial charge < -0.3 is 15.2 Å². The first kappa shape index (κ1) is 14.5. The molecule has 1 aromatic rings. The number of rotatable bonds is 7. The van der Waals surface area contributed by atoms with Crippen LogP contribution < -0.4 is 5.73 Å². The summed E-state index contributed by atoms with van der Waals surface area (Å²) in [6.07, 6.45) is 5.79. The SMILES string of the molecule is CCC1OCOC1CCc1ccccc1CCCN. The molecule has 3 heteroatoms. The Hall–Kier alpha value is -0.900. The van der Waals surface area contributed by atoms with Crippen LogP contribution in [0.1, 0.15) is 37.3 Å². The van der Waals surface area contributed by atoms with E-state index in [-0.39, 0.29) is 12.2 Å². The van der Waals surface area contributed by atoms with Crippen molar-refractivity contribution in [2.75, 3.05) is 13.3 Å². The van der Waals surface area contributed by atoms with Gasteiger partial charge in [0.05, 0.1) is 12.2 Å². The topological polar surface area (TPSA) is 44.5 Å². The zero-order chi connectivity index (χ0) is 13.5. The van der Waals surface area contributed by atoms with Crippen LogP contribution in [-0.4, -0.2) is 25.5 Å². The summed E-state index contributed by atoms with van der Waals surface area (Å²) in [5, 5.41) is 0. The molecule has 2 N–H and O–H groups in total. The van der Waals surface area contributed by atoms with Gasteiger partial charge in [0.1, 0.15) is 6.79 Å². The summed E-state index contributed by atoms with van der Waals surface area (Å²) in [6.45, 7) is 3.37. The summed E-state index contributed by atoms with van der Waals surface area (Å²) in [5.41, 5.74) is 8.46. The highest BCUT2D eigenvalue weighted by molar-refractivity contribution is 5.27. The van der Waals surface area contributed by atoms with Crippen molar-refractivity contribution in [3.8, 4) is 0 Å². The number of benzene rings is 1. The van der Waals surface area contributed by atoms with Crippen LogP contribution in [0.5, 0.6) is 0 Å². The van der Waals surface area contributed by atoms with Crippen molar-refractivity contribution in [2.24, 2.45) is 5.73 Å². The van der Waals surface area contributed by atoms with E-state index < -0.39 is 0 Å². The summed E-state index contributed by atoms with van der Waals surface area (Å²) < 4.78 is 11.2. The molecule has 1 saturated heterocycles. The fraction of sp³-hybridized carbons (Fsp3) is 0.625. The molecule has 2 rings (SSSR count). The molecule has 19 heavy (non-hydrogen) atoms. The highest BCUT2D eigenvalue weighted by Gasteiger charge is 2.27. The van der Waals surface area contributed by atoms with Crippen LogP contribution in [0.4, 0.5) is 0 Å². The van der Waals surface area contributed by atoms with Crippen molar-refractivity contribution >= 4 is 0 Å². The maximum Gasteiger partial charge on any atom is 0.147 e. The largest absolute Gasteiger partial charge is 0.349 e. The van der Waals surface area contributed by atoms with E-state index in [1.54, 1.807) is 0 Å². The quantitative estimate of drug-likeness (QED) is 0.822. The van der Waals surface area contributed by atoms with Gasteiger partial charge in [-0.1, -0.05) is 31.2 Å². The predicted molar refractivity (Wildman–Crippen MR) is 77.0 cm³/mol. The third kappa shape index (κ3) is 4.03. The molecule has 106 valence electrons. The zero-order valence-electron chi connectivity index (χ0n) is 11.8. The first-order chi connectivity index (χ1) is 9.35. The molecule has 1 fully saturated rings. The van der Waals surface area contributed by atoms with Gasteiger partial charge in [-0.2, -0.15) is 0 Å². The van der Waals surface area contributed by atoms with E-state index in [9.17, 15) is 0 Å². The molecule has 3 nitrogen and oxygen atoms in total. The lowest BCUT2D eigenvalue weighted by Crippen LogP contribution is -2.22.